The van der Waals surface area contributed by atoms with Crippen LogP contribution in [0.1, 0.15) is 18.1 Å². The molecule has 0 heterocycles. The van der Waals surface area contributed by atoms with E-state index >= 15 is 0 Å². The van der Waals surface area contributed by atoms with Crippen molar-refractivity contribution in [1.29, 1.82) is 0 Å². The Labute approximate surface area is 225 Å². The average Bonchev–Trinajstić information content (AvgIpc) is 2.82. The Morgan fingerprint density at radius 3 is 2.14 bits per heavy atom. The van der Waals surface area contributed by atoms with E-state index in [9.17, 15) is 18.0 Å². The molecular weight excluding hydrogens is 547 g/mol. The molecule has 1 N–H and O–H groups in total. The summed E-state index contributed by atoms with van der Waals surface area (Å²) in [6.07, 6.45) is 0.110. The largest absolute Gasteiger partial charge is 0.466 e. The molecule has 0 aromatic heterocycles. The zero-order valence-corrected chi connectivity index (χ0v) is 22.3. The van der Waals surface area contributed by atoms with Gasteiger partial charge in [-0.2, -0.15) is 4.31 Å². The number of halogens is 3. The molecular formula is C25H23Cl3N2O5S. The summed E-state index contributed by atoms with van der Waals surface area (Å²) in [7, 11) is -4.07. The van der Waals surface area contributed by atoms with E-state index in [1.165, 1.54) is 24.3 Å². The lowest BCUT2D eigenvalue weighted by molar-refractivity contribution is -0.142. The number of nitrogens with zero attached hydrogens (tertiary/aromatic N) is 1. The monoisotopic (exact) mass is 568 g/mol. The van der Waals surface area contributed by atoms with Gasteiger partial charge in [-0.25, -0.2) is 8.42 Å². The Morgan fingerprint density at radius 2 is 1.53 bits per heavy atom. The predicted molar refractivity (Wildman–Crippen MR) is 141 cm³/mol. The van der Waals surface area contributed by atoms with Gasteiger partial charge in [-0.3, -0.25) is 9.59 Å². The van der Waals surface area contributed by atoms with E-state index in [4.69, 9.17) is 39.5 Å². The maximum atomic E-state index is 13.4. The van der Waals surface area contributed by atoms with E-state index in [-0.39, 0.29) is 28.9 Å². The van der Waals surface area contributed by atoms with Crippen LogP contribution in [0.5, 0.6) is 0 Å². The Morgan fingerprint density at radius 1 is 0.889 bits per heavy atom. The van der Waals surface area contributed by atoms with Crippen LogP contribution in [0, 0.1) is 0 Å². The van der Waals surface area contributed by atoms with Gasteiger partial charge in [0.15, 0.2) is 0 Å². The van der Waals surface area contributed by atoms with E-state index < -0.39 is 22.5 Å². The van der Waals surface area contributed by atoms with Gasteiger partial charge in [0.1, 0.15) is 0 Å². The minimum Gasteiger partial charge on any atom is -0.466 e. The molecule has 0 saturated heterocycles. The summed E-state index contributed by atoms with van der Waals surface area (Å²) in [6, 6.07) is 17.0. The summed E-state index contributed by atoms with van der Waals surface area (Å²) in [6.45, 7) is 1.45. The van der Waals surface area contributed by atoms with E-state index in [1.807, 2.05) is 0 Å². The van der Waals surface area contributed by atoms with Crippen LogP contribution in [-0.4, -0.2) is 37.8 Å². The molecule has 11 heteroatoms. The summed E-state index contributed by atoms with van der Waals surface area (Å²) < 4.78 is 32.7. The van der Waals surface area contributed by atoms with Crippen LogP contribution in [-0.2, 0) is 37.3 Å². The van der Waals surface area contributed by atoms with Gasteiger partial charge in [-0.1, -0.05) is 53.0 Å². The molecule has 3 aromatic carbocycles. The number of ether oxygens (including phenoxy) is 1. The zero-order chi connectivity index (χ0) is 26.3. The van der Waals surface area contributed by atoms with Gasteiger partial charge in [0.25, 0.3) is 0 Å². The van der Waals surface area contributed by atoms with Gasteiger partial charge in [-0.05, 0) is 66.6 Å². The van der Waals surface area contributed by atoms with Crippen LogP contribution in [0.2, 0.25) is 15.1 Å². The van der Waals surface area contributed by atoms with E-state index in [1.54, 1.807) is 49.4 Å². The number of anilines is 1. The number of amides is 1. The first-order chi connectivity index (χ1) is 17.1. The van der Waals surface area contributed by atoms with Gasteiger partial charge < -0.3 is 10.1 Å². The van der Waals surface area contributed by atoms with Crippen molar-refractivity contribution in [2.24, 2.45) is 0 Å². The third kappa shape index (κ3) is 7.69. The van der Waals surface area contributed by atoms with Crippen molar-refractivity contribution in [2.45, 2.75) is 24.8 Å². The molecule has 0 unspecified atom stereocenters. The standard InChI is InChI=1S/C25H23Cl3N2O5S/c1-2-35-25(32)14-17-3-8-20(9-4-17)29-24(31)16-30(15-18-5-12-22(27)23(28)13-18)36(33,34)21-10-6-19(26)7-11-21/h3-13H,2,14-16H2,1H3,(H,29,31). The molecule has 0 bridgehead atoms. The Hall–Kier alpha value is -2.62. The molecule has 1 amide bonds. The third-order valence-electron chi connectivity index (χ3n) is 5.01. The first-order valence-corrected chi connectivity index (χ1v) is 13.4. The minimum absolute atomic E-state index is 0.0110. The highest BCUT2D eigenvalue weighted by molar-refractivity contribution is 7.89. The van der Waals surface area contributed by atoms with E-state index in [0.717, 1.165) is 9.87 Å². The molecule has 0 atom stereocenters. The fourth-order valence-electron chi connectivity index (χ4n) is 3.27. The zero-order valence-electron chi connectivity index (χ0n) is 19.2. The maximum Gasteiger partial charge on any atom is 0.310 e. The quantitative estimate of drug-likeness (QED) is 0.322. The second-order valence-electron chi connectivity index (χ2n) is 7.70. The molecule has 3 aromatic rings. The first kappa shape index (κ1) is 28.0. The predicted octanol–water partition coefficient (Wildman–Crippen LogP) is 5.58. The summed E-state index contributed by atoms with van der Waals surface area (Å²) in [5.74, 6) is -0.898. The number of hydrogen-bond acceptors (Lipinski definition) is 5. The van der Waals surface area contributed by atoms with E-state index in [2.05, 4.69) is 5.32 Å². The molecule has 0 aliphatic rings. The summed E-state index contributed by atoms with van der Waals surface area (Å²) in [5.41, 5.74) is 1.72. The van der Waals surface area contributed by atoms with Crippen LogP contribution in [0.3, 0.4) is 0 Å². The fraction of sp³-hybridized carbons (Fsp3) is 0.200. The lowest BCUT2D eigenvalue weighted by Crippen LogP contribution is -2.37. The number of hydrogen-bond donors (Lipinski definition) is 1. The highest BCUT2D eigenvalue weighted by Gasteiger charge is 2.27. The normalized spacial score (nSPS) is 11.4. The van der Waals surface area contributed by atoms with Gasteiger partial charge in [-0.15, -0.1) is 0 Å². The molecule has 0 fully saturated rings. The minimum atomic E-state index is -4.07. The van der Waals surface area contributed by atoms with Crippen molar-refractivity contribution in [3.8, 4) is 0 Å². The fourth-order valence-corrected chi connectivity index (χ4v) is 5.10. The molecule has 36 heavy (non-hydrogen) atoms. The SMILES string of the molecule is CCOC(=O)Cc1ccc(NC(=O)CN(Cc2ccc(Cl)c(Cl)c2)S(=O)(=O)c2ccc(Cl)cc2)cc1. The summed E-state index contributed by atoms with van der Waals surface area (Å²) >= 11 is 18.0. The number of nitrogens with one attached hydrogen (secondary N) is 1. The molecule has 0 radical (unpaired) electrons. The molecule has 0 spiro atoms. The Balaban J connectivity index is 1.79. The molecule has 0 aliphatic carbocycles. The Bertz CT molecular complexity index is 1330. The third-order valence-corrected chi connectivity index (χ3v) is 7.80. The Kier molecular flexibility index (Phi) is 9.76. The summed E-state index contributed by atoms with van der Waals surface area (Å²) in [5, 5.41) is 3.67. The summed E-state index contributed by atoms with van der Waals surface area (Å²) in [4.78, 5) is 24.5. The smallest absolute Gasteiger partial charge is 0.310 e. The lowest BCUT2D eigenvalue weighted by Gasteiger charge is -2.22. The van der Waals surface area contributed by atoms with Crippen LogP contribution in [0.15, 0.2) is 71.6 Å². The van der Waals surface area contributed by atoms with Gasteiger partial charge in [0.05, 0.1) is 34.5 Å². The highest BCUT2D eigenvalue weighted by Crippen LogP contribution is 2.25. The number of benzene rings is 3. The molecule has 0 aliphatic heterocycles. The number of sulfonamides is 1. The van der Waals surface area contributed by atoms with E-state index in [0.29, 0.717) is 27.9 Å². The number of rotatable bonds is 10. The number of carbonyl (C=O) groups excluding carboxylic acids is 2. The topological polar surface area (TPSA) is 92.8 Å². The van der Waals surface area contributed by atoms with Crippen molar-refractivity contribution in [3.63, 3.8) is 0 Å². The van der Waals surface area contributed by atoms with Gasteiger partial charge in [0, 0.05) is 17.3 Å². The maximum absolute atomic E-state index is 13.4. The van der Waals surface area contributed by atoms with Crippen molar-refractivity contribution in [2.75, 3.05) is 18.5 Å². The van der Waals surface area contributed by atoms with Crippen molar-refractivity contribution in [1.82, 2.24) is 4.31 Å². The van der Waals surface area contributed by atoms with Crippen LogP contribution in [0.25, 0.3) is 0 Å². The number of carbonyl (C=O) groups is 2. The highest BCUT2D eigenvalue weighted by atomic mass is 35.5. The number of esters is 1. The van der Waals surface area contributed by atoms with Crippen LogP contribution >= 0.6 is 34.8 Å². The second-order valence-corrected chi connectivity index (χ2v) is 10.9. The van der Waals surface area contributed by atoms with Crippen molar-refractivity contribution in [3.05, 3.63) is 92.9 Å². The molecule has 3 rings (SSSR count). The van der Waals surface area contributed by atoms with Gasteiger partial charge >= 0.3 is 5.97 Å². The molecule has 7 nitrogen and oxygen atoms in total. The molecule has 190 valence electrons. The lowest BCUT2D eigenvalue weighted by atomic mass is 10.1. The van der Waals surface area contributed by atoms with Gasteiger partial charge in [0.2, 0.25) is 15.9 Å². The molecule has 0 saturated carbocycles. The van der Waals surface area contributed by atoms with Crippen LogP contribution in [0.4, 0.5) is 5.69 Å². The average molecular weight is 570 g/mol. The van der Waals surface area contributed by atoms with Crippen molar-refractivity contribution >= 4 is 62.4 Å². The van der Waals surface area contributed by atoms with Crippen LogP contribution < -0.4 is 5.32 Å². The second kappa shape index (κ2) is 12.6. The first-order valence-electron chi connectivity index (χ1n) is 10.8. The van der Waals surface area contributed by atoms with Crippen molar-refractivity contribution < 1.29 is 22.7 Å².